The second-order valence-corrected chi connectivity index (χ2v) is 4.06. The number of hydrogen-bond donors (Lipinski definition) is 0. The van der Waals surface area contributed by atoms with Crippen LogP contribution in [0.25, 0.3) is 5.57 Å². The van der Waals surface area contributed by atoms with Gasteiger partial charge in [-0.1, -0.05) is 55.7 Å². The lowest BCUT2D eigenvalue weighted by molar-refractivity contribution is -0.138. The van der Waals surface area contributed by atoms with Crippen LogP contribution in [0.4, 0.5) is 0 Å². The van der Waals surface area contributed by atoms with Crippen LogP contribution in [0.1, 0.15) is 12.5 Å². The fourth-order valence-electron chi connectivity index (χ4n) is 1.70. The molecule has 0 saturated carbocycles. The first-order valence-electron chi connectivity index (χ1n) is 6.69. The lowest BCUT2D eigenvalue weighted by Gasteiger charge is -2.12. The Labute approximate surface area is 125 Å². The molecular weight excluding hydrogens is 264 g/mol. The molecule has 0 saturated heterocycles. The molecule has 0 fully saturated rings. The molecule has 0 amide bonds. The molecule has 110 valence electrons. The van der Waals surface area contributed by atoms with E-state index in [4.69, 9.17) is 9.47 Å². The summed E-state index contributed by atoms with van der Waals surface area (Å²) in [5.41, 5.74) is 2.02. The van der Waals surface area contributed by atoms with Crippen molar-refractivity contribution >= 4 is 11.5 Å². The van der Waals surface area contributed by atoms with E-state index in [0.29, 0.717) is 6.61 Å². The number of para-hydroxylation sites is 1. The summed E-state index contributed by atoms with van der Waals surface area (Å²) < 4.78 is 10.6. The highest BCUT2D eigenvalue weighted by Crippen LogP contribution is 2.26. The molecule has 0 N–H and O–H groups in total. The molecule has 1 rings (SSSR count). The van der Waals surface area contributed by atoms with Crippen LogP contribution in [0.3, 0.4) is 0 Å². The van der Waals surface area contributed by atoms with Gasteiger partial charge in [0.1, 0.15) is 19.0 Å². The Kier molecular flexibility index (Phi) is 7.36. The van der Waals surface area contributed by atoms with Crippen molar-refractivity contribution < 1.29 is 14.3 Å². The van der Waals surface area contributed by atoms with E-state index in [1.54, 1.807) is 6.08 Å². The fourth-order valence-corrected chi connectivity index (χ4v) is 1.70. The third-order valence-electron chi connectivity index (χ3n) is 2.67. The molecule has 0 aliphatic carbocycles. The van der Waals surface area contributed by atoms with Gasteiger partial charge < -0.3 is 9.47 Å². The molecule has 0 aromatic heterocycles. The van der Waals surface area contributed by atoms with E-state index in [-0.39, 0.29) is 6.61 Å². The lowest BCUT2D eigenvalue weighted by Crippen LogP contribution is -2.10. The number of rotatable bonds is 8. The van der Waals surface area contributed by atoms with Gasteiger partial charge in [-0.3, -0.25) is 0 Å². The van der Waals surface area contributed by atoms with Crippen molar-refractivity contribution in [3.63, 3.8) is 0 Å². The van der Waals surface area contributed by atoms with Crippen LogP contribution < -0.4 is 4.74 Å². The molecule has 3 nitrogen and oxygen atoms in total. The molecule has 0 unspecified atom stereocenters. The number of benzene rings is 1. The smallest absolute Gasteiger partial charge is 0.330 e. The van der Waals surface area contributed by atoms with Gasteiger partial charge in [0.15, 0.2) is 0 Å². The van der Waals surface area contributed by atoms with Crippen LogP contribution in [0.15, 0.2) is 67.8 Å². The van der Waals surface area contributed by atoms with Crippen molar-refractivity contribution in [2.75, 3.05) is 13.2 Å². The van der Waals surface area contributed by atoms with E-state index in [2.05, 4.69) is 13.2 Å². The Hall–Kier alpha value is -2.55. The number of hydrogen-bond acceptors (Lipinski definition) is 3. The van der Waals surface area contributed by atoms with Crippen LogP contribution in [0, 0.1) is 0 Å². The van der Waals surface area contributed by atoms with Crippen molar-refractivity contribution in [3.8, 4) is 5.75 Å². The van der Waals surface area contributed by atoms with Crippen LogP contribution in [-0.4, -0.2) is 19.2 Å². The number of carbonyl (C=O) groups excluding carboxylic acids is 1. The molecule has 1 aromatic rings. The number of esters is 1. The van der Waals surface area contributed by atoms with Crippen molar-refractivity contribution in [2.45, 2.75) is 6.92 Å². The average molecular weight is 284 g/mol. The van der Waals surface area contributed by atoms with E-state index < -0.39 is 5.97 Å². The zero-order chi connectivity index (χ0) is 15.5. The van der Waals surface area contributed by atoms with Crippen LogP contribution in [0.2, 0.25) is 0 Å². The molecule has 1 aromatic carbocycles. The lowest BCUT2D eigenvalue weighted by atomic mass is 10.0. The highest BCUT2D eigenvalue weighted by molar-refractivity contribution is 5.81. The van der Waals surface area contributed by atoms with Gasteiger partial charge in [0.2, 0.25) is 0 Å². The molecule has 3 heteroatoms. The first-order chi connectivity index (χ1) is 10.2. The average Bonchev–Trinajstić information content (AvgIpc) is 2.53. The Balaban J connectivity index is 2.75. The summed E-state index contributed by atoms with van der Waals surface area (Å²) in [5, 5.41) is 0. The largest absolute Gasteiger partial charge is 0.489 e. The second kappa shape index (κ2) is 9.37. The summed E-state index contributed by atoms with van der Waals surface area (Å²) in [6.45, 7) is 9.44. The summed E-state index contributed by atoms with van der Waals surface area (Å²) in [4.78, 5) is 10.9. The van der Waals surface area contributed by atoms with Gasteiger partial charge in [-0.25, -0.2) is 4.79 Å². The van der Waals surface area contributed by atoms with E-state index in [9.17, 15) is 4.79 Å². The topological polar surface area (TPSA) is 35.5 Å². The van der Waals surface area contributed by atoms with Crippen molar-refractivity contribution in [1.82, 2.24) is 0 Å². The molecular formula is C18H20O3. The first-order valence-corrected chi connectivity index (χ1v) is 6.69. The molecule has 0 bridgehead atoms. The molecule has 0 aliphatic heterocycles. The Morgan fingerprint density at radius 3 is 2.67 bits per heavy atom. The van der Waals surface area contributed by atoms with E-state index in [1.165, 1.54) is 0 Å². The summed E-state index contributed by atoms with van der Waals surface area (Å²) in [6.07, 6.45) is 8.69. The minimum Gasteiger partial charge on any atom is -0.489 e. The molecule has 0 spiro atoms. The van der Waals surface area contributed by atoms with Crippen LogP contribution >= 0.6 is 0 Å². The standard InChI is InChI=1S/C18H20O3/c1-4-7-10-15(5-2)16-11-8-9-12-17(16)20-13-14-21-18(19)6-3/h4-12H,1,3,13-14H2,2H3/b10-7-,15-5+. The van der Waals surface area contributed by atoms with Gasteiger partial charge in [-0.15, -0.1) is 0 Å². The summed E-state index contributed by atoms with van der Waals surface area (Å²) in [6, 6.07) is 7.72. The number of allylic oxidation sites excluding steroid dienone is 5. The first kappa shape index (κ1) is 16.5. The third kappa shape index (κ3) is 5.53. The van der Waals surface area contributed by atoms with E-state index in [1.807, 2.05) is 49.4 Å². The fraction of sp³-hybridized carbons (Fsp3) is 0.167. The molecule has 21 heavy (non-hydrogen) atoms. The molecule has 0 heterocycles. The Morgan fingerprint density at radius 2 is 2.00 bits per heavy atom. The quantitative estimate of drug-likeness (QED) is 0.314. The zero-order valence-electron chi connectivity index (χ0n) is 12.2. The molecule has 0 radical (unpaired) electrons. The summed E-state index contributed by atoms with van der Waals surface area (Å²) >= 11 is 0. The monoisotopic (exact) mass is 284 g/mol. The SMILES string of the molecule is C=C/C=C\C(=C/C)c1ccccc1OCCOC(=O)C=C. The van der Waals surface area contributed by atoms with Gasteiger partial charge in [-0.05, 0) is 18.6 Å². The highest BCUT2D eigenvalue weighted by Gasteiger charge is 2.06. The maximum Gasteiger partial charge on any atom is 0.330 e. The van der Waals surface area contributed by atoms with Gasteiger partial charge in [0.05, 0.1) is 0 Å². The normalized spacial score (nSPS) is 11.2. The second-order valence-electron chi connectivity index (χ2n) is 4.06. The van der Waals surface area contributed by atoms with Gasteiger partial charge in [-0.2, -0.15) is 0 Å². The Bertz CT molecular complexity index is 553. The van der Waals surface area contributed by atoms with Gasteiger partial charge in [0.25, 0.3) is 0 Å². The summed E-state index contributed by atoms with van der Waals surface area (Å²) in [5.74, 6) is 0.295. The van der Waals surface area contributed by atoms with Crippen molar-refractivity contribution in [2.24, 2.45) is 0 Å². The zero-order valence-corrected chi connectivity index (χ0v) is 12.2. The molecule has 0 aliphatic rings. The maximum atomic E-state index is 10.9. The number of ether oxygens (including phenoxy) is 2. The maximum absolute atomic E-state index is 10.9. The predicted octanol–water partition coefficient (Wildman–Crippen LogP) is 3.94. The highest BCUT2D eigenvalue weighted by atomic mass is 16.6. The van der Waals surface area contributed by atoms with Crippen LogP contribution in [-0.2, 0) is 9.53 Å². The van der Waals surface area contributed by atoms with Gasteiger partial charge in [0, 0.05) is 11.6 Å². The van der Waals surface area contributed by atoms with E-state index >= 15 is 0 Å². The minimum atomic E-state index is -0.449. The van der Waals surface area contributed by atoms with Crippen molar-refractivity contribution in [3.05, 3.63) is 73.4 Å². The molecule has 0 atom stereocenters. The third-order valence-corrected chi connectivity index (χ3v) is 2.67. The Morgan fingerprint density at radius 1 is 1.24 bits per heavy atom. The predicted molar refractivity (Wildman–Crippen MR) is 86.1 cm³/mol. The van der Waals surface area contributed by atoms with E-state index in [0.717, 1.165) is 23.0 Å². The van der Waals surface area contributed by atoms with Gasteiger partial charge >= 0.3 is 5.97 Å². The number of carbonyl (C=O) groups is 1. The van der Waals surface area contributed by atoms with Crippen LogP contribution in [0.5, 0.6) is 5.75 Å². The summed E-state index contributed by atoms with van der Waals surface area (Å²) in [7, 11) is 0. The minimum absolute atomic E-state index is 0.187. The van der Waals surface area contributed by atoms with Crippen molar-refractivity contribution in [1.29, 1.82) is 0 Å².